The van der Waals surface area contributed by atoms with Crippen molar-refractivity contribution in [2.75, 3.05) is 18.1 Å². The minimum atomic E-state index is -3.71. The van der Waals surface area contributed by atoms with Crippen molar-refractivity contribution in [3.8, 4) is 0 Å². The van der Waals surface area contributed by atoms with E-state index in [1.165, 1.54) is 4.31 Å². The molecule has 1 fully saturated rings. The van der Waals surface area contributed by atoms with Crippen molar-refractivity contribution in [3.63, 3.8) is 0 Å². The quantitative estimate of drug-likeness (QED) is 0.747. The van der Waals surface area contributed by atoms with E-state index in [2.05, 4.69) is 15.9 Å². The van der Waals surface area contributed by atoms with Gasteiger partial charge in [-0.15, -0.1) is 0 Å². The van der Waals surface area contributed by atoms with Gasteiger partial charge in [-0.1, -0.05) is 28.9 Å². The molecule has 0 bridgehead atoms. The van der Waals surface area contributed by atoms with Crippen LogP contribution in [0.2, 0.25) is 0 Å². The molecule has 0 spiro atoms. The third kappa shape index (κ3) is 3.72. The Kier molecular flexibility index (Phi) is 5.36. The molecule has 8 heteroatoms. The summed E-state index contributed by atoms with van der Waals surface area (Å²) in [6, 6.07) is 4.65. The molecule has 1 atom stereocenters. The van der Waals surface area contributed by atoms with Crippen molar-refractivity contribution < 1.29 is 16.8 Å². The largest absolute Gasteiger partial charge is 0.243 e. The lowest BCUT2D eigenvalue weighted by atomic mass is 10.2. The number of hydrogen-bond acceptors (Lipinski definition) is 4. The van der Waals surface area contributed by atoms with Crippen molar-refractivity contribution in [1.29, 1.82) is 0 Å². The maximum atomic E-state index is 13.0. The SMILES string of the molecule is CCCN([C@@H]1CCS(=O)(=O)C1)S(=O)(=O)c1cc(Br)ccc1C. The van der Waals surface area contributed by atoms with Gasteiger partial charge in [-0.05, 0) is 37.5 Å². The van der Waals surface area contributed by atoms with Crippen molar-refractivity contribution in [3.05, 3.63) is 28.2 Å². The highest BCUT2D eigenvalue weighted by Crippen LogP contribution is 2.28. The van der Waals surface area contributed by atoms with E-state index in [0.29, 0.717) is 29.4 Å². The summed E-state index contributed by atoms with van der Waals surface area (Å²) in [5.41, 5.74) is 0.658. The first-order valence-electron chi connectivity index (χ1n) is 7.16. The van der Waals surface area contributed by atoms with Gasteiger partial charge in [0.05, 0.1) is 16.4 Å². The van der Waals surface area contributed by atoms with Crippen LogP contribution >= 0.6 is 15.9 Å². The third-order valence-electron chi connectivity index (χ3n) is 3.80. The Hall–Kier alpha value is -0.440. The number of benzene rings is 1. The van der Waals surface area contributed by atoms with Gasteiger partial charge in [-0.25, -0.2) is 16.8 Å². The zero-order valence-electron chi connectivity index (χ0n) is 12.6. The summed E-state index contributed by atoms with van der Waals surface area (Å²) >= 11 is 3.30. The van der Waals surface area contributed by atoms with E-state index in [9.17, 15) is 16.8 Å². The highest BCUT2D eigenvalue weighted by molar-refractivity contribution is 9.10. The van der Waals surface area contributed by atoms with Gasteiger partial charge in [0.15, 0.2) is 9.84 Å². The fourth-order valence-electron chi connectivity index (χ4n) is 2.70. The topological polar surface area (TPSA) is 71.5 Å². The fraction of sp³-hybridized carbons (Fsp3) is 0.571. The highest BCUT2D eigenvalue weighted by atomic mass is 79.9. The third-order valence-corrected chi connectivity index (χ3v) is 8.13. The lowest BCUT2D eigenvalue weighted by molar-refractivity contribution is 0.340. The number of hydrogen-bond donors (Lipinski definition) is 0. The second kappa shape index (κ2) is 6.59. The Balaban J connectivity index is 2.45. The van der Waals surface area contributed by atoms with Gasteiger partial charge in [0.2, 0.25) is 10.0 Å². The van der Waals surface area contributed by atoms with E-state index >= 15 is 0 Å². The lowest BCUT2D eigenvalue weighted by Crippen LogP contribution is -2.41. The van der Waals surface area contributed by atoms with E-state index in [4.69, 9.17) is 0 Å². The monoisotopic (exact) mass is 409 g/mol. The summed E-state index contributed by atoms with van der Waals surface area (Å²) < 4.78 is 51.5. The van der Waals surface area contributed by atoms with Gasteiger partial charge in [0.25, 0.3) is 0 Å². The Morgan fingerprint density at radius 3 is 2.59 bits per heavy atom. The first-order chi connectivity index (χ1) is 10.2. The number of nitrogens with zero attached hydrogens (tertiary/aromatic N) is 1. The maximum Gasteiger partial charge on any atom is 0.243 e. The summed E-state index contributed by atoms with van der Waals surface area (Å²) in [4.78, 5) is 0.236. The molecule has 1 saturated heterocycles. The van der Waals surface area contributed by atoms with Crippen molar-refractivity contribution in [2.45, 2.75) is 37.6 Å². The normalized spacial score (nSPS) is 21.4. The smallest absolute Gasteiger partial charge is 0.229 e. The van der Waals surface area contributed by atoms with Gasteiger partial charge in [0, 0.05) is 17.1 Å². The first-order valence-corrected chi connectivity index (χ1v) is 11.2. The molecule has 0 radical (unpaired) electrons. The molecule has 1 heterocycles. The molecule has 2 rings (SSSR count). The molecule has 0 N–H and O–H groups in total. The van der Waals surface area contributed by atoms with Gasteiger partial charge >= 0.3 is 0 Å². The molecule has 1 aromatic rings. The fourth-order valence-corrected chi connectivity index (χ4v) is 7.04. The molecule has 5 nitrogen and oxygen atoms in total. The second-order valence-electron chi connectivity index (χ2n) is 5.58. The number of aryl methyl sites for hydroxylation is 1. The average Bonchev–Trinajstić information content (AvgIpc) is 2.78. The van der Waals surface area contributed by atoms with Crippen molar-refractivity contribution in [2.24, 2.45) is 0 Å². The molecule has 124 valence electrons. The molecule has 1 aliphatic rings. The van der Waals surface area contributed by atoms with Crippen LogP contribution in [-0.2, 0) is 19.9 Å². The zero-order chi connectivity index (χ0) is 16.5. The number of sulfone groups is 1. The molecule has 0 unspecified atom stereocenters. The molecular formula is C14H20BrNO4S2. The molecule has 0 aromatic heterocycles. The van der Waals surface area contributed by atoms with Crippen LogP contribution in [0.3, 0.4) is 0 Å². The Morgan fingerprint density at radius 1 is 1.36 bits per heavy atom. The molecule has 0 saturated carbocycles. The number of halogens is 1. The summed E-state index contributed by atoms with van der Waals surface area (Å²) in [5.74, 6) is -0.0237. The summed E-state index contributed by atoms with van der Waals surface area (Å²) in [7, 11) is -6.85. The number of sulfonamides is 1. The van der Waals surface area contributed by atoms with Gasteiger partial charge in [0.1, 0.15) is 0 Å². The molecule has 22 heavy (non-hydrogen) atoms. The van der Waals surface area contributed by atoms with E-state index in [1.807, 2.05) is 6.92 Å². The first kappa shape index (κ1) is 17.9. The molecule has 1 aliphatic heterocycles. The summed E-state index contributed by atoms with van der Waals surface area (Å²) in [6.07, 6.45) is 1.01. The van der Waals surface area contributed by atoms with E-state index < -0.39 is 25.9 Å². The van der Waals surface area contributed by atoms with Crippen molar-refractivity contribution in [1.82, 2.24) is 4.31 Å². The lowest BCUT2D eigenvalue weighted by Gasteiger charge is -2.27. The Labute approximate surface area is 140 Å². The summed E-state index contributed by atoms with van der Waals surface area (Å²) in [6.45, 7) is 3.96. The molecular weight excluding hydrogens is 390 g/mol. The number of rotatable bonds is 5. The molecule has 0 aliphatic carbocycles. The van der Waals surface area contributed by atoms with Crippen LogP contribution in [0, 0.1) is 6.92 Å². The maximum absolute atomic E-state index is 13.0. The summed E-state index contributed by atoms with van der Waals surface area (Å²) in [5, 5.41) is 0. The predicted octanol–water partition coefficient (Wildman–Crippen LogP) is 2.35. The van der Waals surface area contributed by atoms with E-state index in [1.54, 1.807) is 25.1 Å². The minimum Gasteiger partial charge on any atom is -0.229 e. The predicted molar refractivity (Wildman–Crippen MR) is 90.1 cm³/mol. The molecule has 1 aromatic carbocycles. The standard InChI is InChI=1S/C14H20BrNO4S2/c1-3-7-16(13-6-8-21(17,18)10-13)22(19,20)14-9-12(15)5-4-11(14)2/h4-5,9,13H,3,6-8,10H2,1-2H3/t13-/m1/s1. The Morgan fingerprint density at radius 2 is 2.05 bits per heavy atom. The highest BCUT2D eigenvalue weighted by Gasteiger charge is 2.38. The van der Waals surface area contributed by atoms with Crippen LogP contribution in [0.5, 0.6) is 0 Å². The van der Waals surface area contributed by atoms with Gasteiger partial charge < -0.3 is 0 Å². The zero-order valence-corrected chi connectivity index (χ0v) is 15.8. The van der Waals surface area contributed by atoms with Crippen molar-refractivity contribution >= 4 is 35.8 Å². The van der Waals surface area contributed by atoms with E-state index in [0.717, 1.165) is 0 Å². The second-order valence-corrected chi connectivity index (χ2v) is 10.6. The van der Waals surface area contributed by atoms with Crippen LogP contribution < -0.4 is 0 Å². The molecule has 0 amide bonds. The van der Waals surface area contributed by atoms with E-state index in [-0.39, 0.29) is 16.4 Å². The average molecular weight is 410 g/mol. The van der Waals surface area contributed by atoms with Gasteiger partial charge in [-0.3, -0.25) is 0 Å². The van der Waals surface area contributed by atoms with Crippen LogP contribution in [-0.4, -0.2) is 45.2 Å². The minimum absolute atomic E-state index is 0.0604. The van der Waals surface area contributed by atoms with Crippen LogP contribution in [0.4, 0.5) is 0 Å². The Bertz CT molecular complexity index is 759. The van der Waals surface area contributed by atoms with Crippen LogP contribution in [0.25, 0.3) is 0 Å². The van der Waals surface area contributed by atoms with Crippen LogP contribution in [0.1, 0.15) is 25.3 Å². The van der Waals surface area contributed by atoms with Crippen LogP contribution in [0.15, 0.2) is 27.6 Å². The van der Waals surface area contributed by atoms with Gasteiger partial charge in [-0.2, -0.15) is 4.31 Å².